The highest BCUT2D eigenvalue weighted by Gasteiger charge is 2.12. The molecule has 0 heterocycles. The van der Waals surface area contributed by atoms with Crippen molar-refractivity contribution in [3.8, 4) is 0 Å². The van der Waals surface area contributed by atoms with Gasteiger partial charge in [0.05, 0.1) is 0 Å². The van der Waals surface area contributed by atoms with E-state index in [0.717, 1.165) is 11.8 Å². The Morgan fingerprint density at radius 1 is 1.12 bits per heavy atom. The molecule has 0 aromatic heterocycles. The Kier molecular flexibility index (Phi) is 5.24. The van der Waals surface area contributed by atoms with Gasteiger partial charge in [0.15, 0.2) is 0 Å². The standard InChI is InChI=1S/C15H23NS/c1-13-7-9-14(10-8-13)16-11-12-17-15-5-3-2-4-6-15/h7-10,15-16H,2-6,11-12H2,1H3. The van der Waals surface area contributed by atoms with Crippen LogP contribution >= 0.6 is 11.8 Å². The largest absolute Gasteiger partial charge is 0.384 e. The third-order valence-electron chi connectivity index (χ3n) is 3.39. The van der Waals surface area contributed by atoms with Crippen LogP contribution < -0.4 is 5.32 Å². The number of anilines is 1. The van der Waals surface area contributed by atoms with Gasteiger partial charge in [0.25, 0.3) is 0 Å². The molecule has 1 aliphatic carbocycles. The molecule has 0 unspecified atom stereocenters. The van der Waals surface area contributed by atoms with Gasteiger partial charge in [0.2, 0.25) is 0 Å². The van der Waals surface area contributed by atoms with Crippen molar-refractivity contribution in [1.29, 1.82) is 0 Å². The Labute approximate surface area is 109 Å². The van der Waals surface area contributed by atoms with Crippen LogP contribution in [0.2, 0.25) is 0 Å². The summed E-state index contributed by atoms with van der Waals surface area (Å²) in [6, 6.07) is 8.66. The summed E-state index contributed by atoms with van der Waals surface area (Å²) in [5.41, 5.74) is 2.58. The molecule has 1 aromatic rings. The lowest BCUT2D eigenvalue weighted by Crippen LogP contribution is -2.12. The topological polar surface area (TPSA) is 12.0 Å². The Hall–Kier alpha value is -0.630. The molecular weight excluding hydrogens is 226 g/mol. The summed E-state index contributed by atoms with van der Waals surface area (Å²) < 4.78 is 0. The van der Waals surface area contributed by atoms with E-state index in [0.29, 0.717) is 0 Å². The van der Waals surface area contributed by atoms with E-state index in [4.69, 9.17) is 0 Å². The SMILES string of the molecule is Cc1ccc(NCCSC2CCCCC2)cc1. The highest BCUT2D eigenvalue weighted by molar-refractivity contribution is 7.99. The van der Waals surface area contributed by atoms with Crippen LogP contribution in [0.4, 0.5) is 5.69 Å². The molecule has 2 heteroatoms. The van der Waals surface area contributed by atoms with Crippen LogP contribution in [0.25, 0.3) is 0 Å². The maximum Gasteiger partial charge on any atom is 0.0340 e. The van der Waals surface area contributed by atoms with E-state index in [9.17, 15) is 0 Å². The van der Waals surface area contributed by atoms with Crippen LogP contribution in [-0.4, -0.2) is 17.5 Å². The van der Waals surface area contributed by atoms with Crippen molar-refractivity contribution >= 4 is 17.4 Å². The third-order valence-corrected chi connectivity index (χ3v) is 4.77. The number of hydrogen-bond acceptors (Lipinski definition) is 2. The van der Waals surface area contributed by atoms with Crippen molar-refractivity contribution in [2.24, 2.45) is 0 Å². The molecular formula is C15H23NS. The van der Waals surface area contributed by atoms with E-state index in [1.165, 1.54) is 49.1 Å². The third kappa shape index (κ3) is 4.63. The molecule has 1 aromatic carbocycles. The molecule has 17 heavy (non-hydrogen) atoms. The number of aryl methyl sites for hydroxylation is 1. The monoisotopic (exact) mass is 249 g/mol. The first kappa shape index (κ1) is 12.8. The maximum absolute atomic E-state index is 3.49. The van der Waals surface area contributed by atoms with Gasteiger partial charge in [0, 0.05) is 23.2 Å². The van der Waals surface area contributed by atoms with Crippen molar-refractivity contribution < 1.29 is 0 Å². The van der Waals surface area contributed by atoms with Crippen LogP contribution in [0.1, 0.15) is 37.7 Å². The van der Waals surface area contributed by atoms with Crippen molar-refractivity contribution in [3.05, 3.63) is 29.8 Å². The van der Waals surface area contributed by atoms with Crippen LogP contribution in [-0.2, 0) is 0 Å². The molecule has 0 amide bonds. The van der Waals surface area contributed by atoms with Gasteiger partial charge in [-0.15, -0.1) is 0 Å². The highest BCUT2D eigenvalue weighted by Crippen LogP contribution is 2.27. The van der Waals surface area contributed by atoms with E-state index in [-0.39, 0.29) is 0 Å². The average Bonchev–Trinajstić information content (AvgIpc) is 2.38. The van der Waals surface area contributed by atoms with Gasteiger partial charge in [-0.25, -0.2) is 0 Å². The summed E-state index contributed by atoms with van der Waals surface area (Å²) >= 11 is 2.16. The van der Waals surface area contributed by atoms with E-state index < -0.39 is 0 Å². The Morgan fingerprint density at radius 2 is 1.82 bits per heavy atom. The first-order chi connectivity index (χ1) is 8.34. The molecule has 0 radical (unpaired) electrons. The minimum Gasteiger partial charge on any atom is -0.384 e. The first-order valence-corrected chi connectivity index (χ1v) is 7.81. The molecule has 0 saturated heterocycles. The van der Waals surface area contributed by atoms with Gasteiger partial charge in [-0.1, -0.05) is 37.0 Å². The predicted molar refractivity (Wildman–Crippen MR) is 79.0 cm³/mol. The zero-order chi connectivity index (χ0) is 11.9. The van der Waals surface area contributed by atoms with Crippen molar-refractivity contribution in [2.75, 3.05) is 17.6 Å². The molecule has 1 aliphatic rings. The minimum atomic E-state index is 0.934. The summed E-state index contributed by atoms with van der Waals surface area (Å²) in [7, 11) is 0. The number of benzene rings is 1. The van der Waals surface area contributed by atoms with E-state index in [1.54, 1.807) is 0 Å². The lowest BCUT2D eigenvalue weighted by atomic mass is 10.0. The minimum absolute atomic E-state index is 0.934. The Balaban J connectivity index is 1.60. The quantitative estimate of drug-likeness (QED) is 0.773. The summed E-state index contributed by atoms with van der Waals surface area (Å²) in [6.07, 6.45) is 7.23. The number of nitrogens with one attached hydrogen (secondary N) is 1. The lowest BCUT2D eigenvalue weighted by molar-refractivity contribution is 0.516. The van der Waals surface area contributed by atoms with Gasteiger partial charge < -0.3 is 5.32 Å². The molecule has 0 spiro atoms. The fourth-order valence-electron chi connectivity index (χ4n) is 2.32. The maximum atomic E-state index is 3.49. The van der Waals surface area contributed by atoms with E-state index in [1.807, 2.05) is 0 Å². The fraction of sp³-hybridized carbons (Fsp3) is 0.600. The summed E-state index contributed by atoms with van der Waals surface area (Å²) in [5, 5.41) is 4.42. The molecule has 1 nitrogen and oxygen atoms in total. The lowest BCUT2D eigenvalue weighted by Gasteiger charge is -2.21. The first-order valence-electron chi connectivity index (χ1n) is 6.77. The Morgan fingerprint density at radius 3 is 2.53 bits per heavy atom. The van der Waals surface area contributed by atoms with Crippen LogP contribution in [0.15, 0.2) is 24.3 Å². The number of thioether (sulfide) groups is 1. The molecule has 1 N–H and O–H groups in total. The second-order valence-corrected chi connectivity index (χ2v) is 6.33. The van der Waals surface area contributed by atoms with Crippen LogP contribution in [0.5, 0.6) is 0 Å². The van der Waals surface area contributed by atoms with Gasteiger partial charge in [-0.3, -0.25) is 0 Å². The highest BCUT2D eigenvalue weighted by atomic mass is 32.2. The second kappa shape index (κ2) is 6.95. The summed E-state index contributed by atoms with van der Waals surface area (Å²) in [6.45, 7) is 3.22. The average molecular weight is 249 g/mol. The van der Waals surface area contributed by atoms with E-state index >= 15 is 0 Å². The predicted octanol–water partition coefficient (Wildman–Crippen LogP) is 4.47. The van der Waals surface area contributed by atoms with E-state index in [2.05, 4.69) is 48.3 Å². The van der Waals surface area contributed by atoms with Gasteiger partial charge in [-0.05, 0) is 31.9 Å². The molecule has 1 fully saturated rings. The summed E-state index contributed by atoms with van der Waals surface area (Å²) in [4.78, 5) is 0. The molecule has 94 valence electrons. The molecule has 0 atom stereocenters. The smallest absolute Gasteiger partial charge is 0.0340 e. The normalized spacial score (nSPS) is 17.0. The summed E-state index contributed by atoms with van der Waals surface area (Å²) in [5.74, 6) is 1.23. The van der Waals surface area contributed by atoms with Crippen molar-refractivity contribution in [1.82, 2.24) is 0 Å². The molecule has 0 bridgehead atoms. The van der Waals surface area contributed by atoms with Gasteiger partial charge in [-0.2, -0.15) is 11.8 Å². The number of rotatable bonds is 5. The van der Waals surface area contributed by atoms with Crippen molar-refractivity contribution in [3.63, 3.8) is 0 Å². The number of hydrogen-bond donors (Lipinski definition) is 1. The van der Waals surface area contributed by atoms with Crippen LogP contribution in [0, 0.1) is 6.92 Å². The van der Waals surface area contributed by atoms with Gasteiger partial charge in [0.1, 0.15) is 0 Å². The Bertz CT molecular complexity index is 314. The van der Waals surface area contributed by atoms with Crippen LogP contribution in [0.3, 0.4) is 0 Å². The van der Waals surface area contributed by atoms with Gasteiger partial charge >= 0.3 is 0 Å². The molecule has 2 rings (SSSR count). The van der Waals surface area contributed by atoms with Crippen molar-refractivity contribution in [2.45, 2.75) is 44.3 Å². The molecule has 1 saturated carbocycles. The second-order valence-electron chi connectivity index (χ2n) is 4.92. The zero-order valence-electron chi connectivity index (χ0n) is 10.7. The zero-order valence-corrected chi connectivity index (χ0v) is 11.6. The molecule has 0 aliphatic heterocycles. The fourth-order valence-corrected chi connectivity index (χ4v) is 3.54.